The summed E-state index contributed by atoms with van der Waals surface area (Å²) >= 11 is 9.10. The summed E-state index contributed by atoms with van der Waals surface area (Å²) in [6.07, 6.45) is -1.05. The Morgan fingerprint density at radius 3 is 2.68 bits per heavy atom. The average molecular weight is 372 g/mol. The summed E-state index contributed by atoms with van der Waals surface area (Å²) in [6, 6.07) is 3.09. The van der Waals surface area contributed by atoms with Gasteiger partial charge in [0, 0.05) is 9.50 Å². The Labute approximate surface area is 124 Å². The van der Waals surface area contributed by atoms with Gasteiger partial charge in [0.1, 0.15) is 0 Å². The molecule has 1 rings (SSSR count). The summed E-state index contributed by atoms with van der Waals surface area (Å²) in [5.41, 5.74) is 1.00. The van der Waals surface area contributed by atoms with E-state index in [1.165, 1.54) is 6.07 Å². The summed E-state index contributed by atoms with van der Waals surface area (Å²) in [5.74, 6) is 0. The van der Waals surface area contributed by atoms with E-state index in [4.69, 9.17) is 11.6 Å². The van der Waals surface area contributed by atoms with E-state index in [9.17, 15) is 13.2 Å². The van der Waals surface area contributed by atoms with Gasteiger partial charge in [0.15, 0.2) is 0 Å². The van der Waals surface area contributed by atoms with Gasteiger partial charge in [-0.05, 0) is 47.5 Å². The molecule has 0 heterocycles. The molecule has 0 saturated heterocycles. The molecule has 1 aromatic rings. The number of hydrogen-bond acceptors (Lipinski definition) is 4. The summed E-state index contributed by atoms with van der Waals surface area (Å²) in [7, 11) is -4.07. The first-order valence-corrected chi connectivity index (χ1v) is 7.83. The first-order valence-electron chi connectivity index (χ1n) is 5.18. The Morgan fingerprint density at radius 2 is 2.11 bits per heavy atom. The van der Waals surface area contributed by atoms with Crippen LogP contribution < -0.4 is 9.44 Å². The van der Waals surface area contributed by atoms with E-state index in [1.54, 1.807) is 24.6 Å². The second kappa shape index (κ2) is 6.44. The van der Waals surface area contributed by atoms with Crippen molar-refractivity contribution in [3.63, 3.8) is 0 Å². The van der Waals surface area contributed by atoms with E-state index in [2.05, 4.69) is 25.4 Å². The second-order valence-electron chi connectivity index (χ2n) is 3.51. The molecule has 0 bridgehead atoms. The fraction of sp³-hybridized carbons (Fsp3) is 0.300. The van der Waals surface area contributed by atoms with Crippen LogP contribution in [0.3, 0.4) is 0 Å². The van der Waals surface area contributed by atoms with Crippen LogP contribution in [0.4, 0.5) is 10.5 Å². The zero-order chi connectivity index (χ0) is 14.6. The van der Waals surface area contributed by atoms with E-state index >= 15 is 0 Å². The molecule has 0 aliphatic rings. The third kappa shape index (κ3) is 4.88. The molecule has 9 heteroatoms. The number of carbonyl (C=O) groups excluding carboxylic acids is 1. The van der Waals surface area contributed by atoms with E-state index in [-0.39, 0.29) is 12.3 Å². The van der Waals surface area contributed by atoms with Crippen molar-refractivity contribution in [2.45, 2.75) is 13.8 Å². The van der Waals surface area contributed by atoms with Gasteiger partial charge in [0.2, 0.25) is 0 Å². The predicted octanol–water partition coefficient (Wildman–Crippen LogP) is 2.81. The Bertz CT molecular complexity index is 591. The first-order chi connectivity index (χ1) is 8.75. The largest absolute Gasteiger partial charge is 0.449 e. The van der Waals surface area contributed by atoms with Crippen LogP contribution >= 0.6 is 27.5 Å². The molecule has 1 aromatic carbocycles. The van der Waals surface area contributed by atoms with Crippen LogP contribution in [0.15, 0.2) is 16.6 Å². The van der Waals surface area contributed by atoms with Crippen LogP contribution in [-0.2, 0) is 14.9 Å². The number of aryl methyl sites for hydroxylation is 1. The van der Waals surface area contributed by atoms with Crippen molar-refractivity contribution in [2.24, 2.45) is 0 Å². The van der Waals surface area contributed by atoms with Gasteiger partial charge in [-0.1, -0.05) is 11.6 Å². The molecular weight excluding hydrogens is 360 g/mol. The van der Waals surface area contributed by atoms with Crippen molar-refractivity contribution in [2.75, 3.05) is 11.3 Å². The molecule has 0 radical (unpaired) electrons. The Balaban J connectivity index is 2.90. The van der Waals surface area contributed by atoms with Crippen molar-refractivity contribution >= 4 is 49.5 Å². The second-order valence-corrected chi connectivity index (χ2v) is 6.19. The number of anilines is 1. The van der Waals surface area contributed by atoms with Gasteiger partial charge < -0.3 is 4.74 Å². The number of hydrogen-bond donors (Lipinski definition) is 2. The first kappa shape index (κ1) is 16.1. The van der Waals surface area contributed by atoms with Gasteiger partial charge in [-0.2, -0.15) is 8.42 Å². The summed E-state index contributed by atoms with van der Waals surface area (Å²) in [5, 5.41) is 0.400. The lowest BCUT2D eigenvalue weighted by molar-refractivity contribution is 0.159. The Kier molecular flexibility index (Phi) is 5.45. The fourth-order valence-corrected chi connectivity index (χ4v) is 2.80. The molecule has 2 N–H and O–H groups in total. The lowest BCUT2D eigenvalue weighted by Gasteiger charge is -2.11. The van der Waals surface area contributed by atoms with Crippen LogP contribution in [0, 0.1) is 6.92 Å². The Morgan fingerprint density at radius 1 is 1.47 bits per heavy atom. The lowest BCUT2D eigenvalue weighted by atomic mass is 10.2. The molecule has 106 valence electrons. The SMILES string of the molecule is CCOC(=O)NS(=O)(=O)Nc1cc(Cl)c(C)cc1Br. The average Bonchev–Trinajstić information content (AvgIpc) is 2.24. The van der Waals surface area contributed by atoms with Gasteiger partial charge in [-0.3, -0.25) is 4.72 Å². The fourth-order valence-electron chi connectivity index (χ4n) is 1.17. The molecule has 0 spiro atoms. The van der Waals surface area contributed by atoms with Crippen molar-refractivity contribution < 1.29 is 17.9 Å². The third-order valence-corrected chi connectivity index (χ3v) is 3.97. The molecule has 0 aromatic heterocycles. The molecular formula is C10H12BrClN2O4S. The van der Waals surface area contributed by atoms with Crippen LogP contribution in [-0.4, -0.2) is 21.1 Å². The van der Waals surface area contributed by atoms with Gasteiger partial charge in [0.25, 0.3) is 0 Å². The van der Waals surface area contributed by atoms with Crippen LogP contribution in [0.25, 0.3) is 0 Å². The minimum atomic E-state index is -4.07. The van der Waals surface area contributed by atoms with Crippen LogP contribution in [0.1, 0.15) is 12.5 Å². The lowest BCUT2D eigenvalue weighted by Crippen LogP contribution is -2.35. The van der Waals surface area contributed by atoms with E-state index in [0.717, 1.165) is 5.56 Å². The normalized spacial score (nSPS) is 10.9. The topological polar surface area (TPSA) is 84.5 Å². The summed E-state index contributed by atoms with van der Waals surface area (Å²) < 4.78 is 32.2. The molecule has 1 amide bonds. The maximum absolute atomic E-state index is 11.6. The summed E-state index contributed by atoms with van der Waals surface area (Å²) in [4.78, 5) is 11.1. The number of carbonyl (C=O) groups is 1. The molecule has 0 unspecified atom stereocenters. The number of rotatable bonds is 4. The molecule has 0 aliphatic carbocycles. The minimum absolute atomic E-state index is 0.0708. The zero-order valence-corrected chi connectivity index (χ0v) is 13.3. The van der Waals surface area contributed by atoms with Crippen molar-refractivity contribution in [3.05, 3.63) is 27.2 Å². The van der Waals surface area contributed by atoms with E-state index in [1.807, 2.05) is 0 Å². The van der Waals surface area contributed by atoms with E-state index < -0.39 is 16.3 Å². The summed E-state index contributed by atoms with van der Waals surface area (Å²) in [6.45, 7) is 3.42. The maximum Gasteiger partial charge on any atom is 0.422 e. The van der Waals surface area contributed by atoms with Gasteiger partial charge >= 0.3 is 16.3 Å². The molecule has 19 heavy (non-hydrogen) atoms. The third-order valence-electron chi connectivity index (χ3n) is 1.99. The Hall–Kier alpha value is -0.990. The molecule has 0 fully saturated rings. The zero-order valence-electron chi connectivity index (χ0n) is 10.2. The molecule has 0 saturated carbocycles. The number of amides is 1. The van der Waals surface area contributed by atoms with Crippen molar-refractivity contribution in [1.82, 2.24) is 4.72 Å². The van der Waals surface area contributed by atoms with Crippen molar-refractivity contribution in [3.8, 4) is 0 Å². The minimum Gasteiger partial charge on any atom is -0.449 e. The number of nitrogens with one attached hydrogen (secondary N) is 2. The van der Waals surface area contributed by atoms with Crippen molar-refractivity contribution in [1.29, 1.82) is 0 Å². The molecule has 0 aliphatic heterocycles. The number of ether oxygens (including phenoxy) is 1. The molecule has 6 nitrogen and oxygen atoms in total. The van der Waals surface area contributed by atoms with Gasteiger partial charge in [-0.15, -0.1) is 0 Å². The van der Waals surface area contributed by atoms with Gasteiger partial charge in [0.05, 0.1) is 12.3 Å². The van der Waals surface area contributed by atoms with Crippen LogP contribution in [0.5, 0.6) is 0 Å². The highest BCUT2D eigenvalue weighted by atomic mass is 79.9. The monoisotopic (exact) mass is 370 g/mol. The number of halogens is 2. The quantitative estimate of drug-likeness (QED) is 0.852. The predicted molar refractivity (Wildman–Crippen MR) is 76.6 cm³/mol. The highest BCUT2D eigenvalue weighted by molar-refractivity contribution is 9.10. The maximum atomic E-state index is 11.6. The smallest absolute Gasteiger partial charge is 0.422 e. The van der Waals surface area contributed by atoms with Gasteiger partial charge in [-0.25, -0.2) is 9.52 Å². The highest BCUT2D eigenvalue weighted by Crippen LogP contribution is 2.29. The molecule has 0 atom stereocenters. The standard InChI is InChI=1S/C10H12BrClN2O4S/c1-3-18-10(15)14-19(16,17)13-9-5-8(12)6(2)4-7(9)11/h4-5,13H,3H2,1-2H3,(H,14,15). The highest BCUT2D eigenvalue weighted by Gasteiger charge is 2.17. The van der Waals surface area contributed by atoms with E-state index in [0.29, 0.717) is 9.50 Å². The number of benzene rings is 1. The van der Waals surface area contributed by atoms with Crippen LogP contribution in [0.2, 0.25) is 5.02 Å².